The maximum absolute atomic E-state index is 12.1. The zero-order valence-electron chi connectivity index (χ0n) is 11.0. The molecule has 1 aromatic carbocycles. The van der Waals surface area contributed by atoms with Crippen molar-refractivity contribution >= 4 is 23.9 Å². The minimum absolute atomic E-state index is 0.179. The quantitative estimate of drug-likeness (QED) is 0.861. The highest BCUT2D eigenvalue weighted by molar-refractivity contribution is 6.13. The van der Waals surface area contributed by atoms with Crippen molar-refractivity contribution in [2.24, 2.45) is 0 Å². The Balaban J connectivity index is 1.94. The van der Waals surface area contributed by atoms with Gasteiger partial charge in [-0.15, -0.1) is 0 Å². The molecule has 1 atom stereocenters. The largest absolute Gasteiger partial charge is 0.445 e. The van der Waals surface area contributed by atoms with Crippen molar-refractivity contribution < 1.29 is 18.6 Å². The summed E-state index contributed by atoms with van der Waals surface area (Å²) in [6.45, 7) is 0.656. The second-order valence-electron chi connectivity index (χ2n) is 4.64. The predicted molar refractivity (Wildman–Crippen MR) is 72.9 cm³/mol. The third kappa shape index (κ3) is 3.63. The predicted octanol–water partition coefficient (Wildman–Crippen LogP) is 2.87. The Hall–Kier alpha value is -1.75. The normalized spacial score (nSPS) is 18.4. The van der Waals surface area contributed by atoms with Gasteiger partial charge in [-0.1, -0.05) is 30.3 Å². The fourth-order valence-electron chi connectivity index (χ4n) is 2.25. The molecule has 5 nitrogen and oxygen atoms in total. The molecule has 2 rings (SSSR count). The lowest BCUT2D eigenvalue weighted by Crippen LogP contribution is -2.48. The smallest absolute Gasteiger partial charge is 0.410 e. The van der Waals surface area contributed by atoms with Crippen LogP contribution in [0.3, 0.4) is 0 Å². The summed E-state index contributed by atoms with van der Waals surface area (Å²) in [4.78, 5) is 25.0. The van der Waals surface area contributed by atoms with Gasteiger partial charge in [-0.3, -0.25) is 4.90 Å². The second-order valence-corrected chi connectivity index (χ2v) is 4.80. The van der Waals surface area contributed by atoms with Crippen LogP contribution in [0.5, 0.6) is 0 Å². The van der Waals surface area contributed by atoms with Crippen molar-refractivity contribution in [2.45, 2.75) is 31.9 Å². The molecule has 0 spiro atoms. The fourth-order valence-corrected chi connectivity index (χ4v) is 2.35. The van der Waals surface area contributed by atoms with Gasteiger partial charge in [0.2, 0.25) is 0 Å². The van der Waals surface area contributed by atoms with Crippen LogP contribution in [0.4, 0.5) is 4.79 Å². The second kappa shape index (κ2) is 7.14. The molecule has 0 aromatic heterocycles. The summed E-state index contributed by atoms with van der Waals surface area (Å²) in [6.07, 6.45) is 1.73. The minimum atomic E-state index is -0.649. The molecule has 0 aliphatic carbocycles. The molecule has 1 heterocycles. The lowest BCUT2D eigenvalue weighted by atomic mass is 10.0. The van der Waals surface area contributed by atoms with Gasteiger partial charge in [-0.25, -0.2) is 9.59 Å². The molecule has 1 unspecified atom stereocenters. The standard InChI is InChI=1S/C14H16ClNO4/c15-20-13(17)12-8-4-5-9-16(12)14(18)19-10-11-6-2-1-3-7-11/h1-3,6-7,12H,4-5,8-10H2. The lowest BCUT2D eigenvalue weighted by molar-refractivity contribution is -0.140. The molecule has 0 radical (unpaired) electrons. The number of amides is 1. The first-order valence-electron chi connectivity index (χ1n) is 6.52. The topological polar surface area (TPSA) is 55.8 Å². The van der Waals surface area contributed by atoms with Crippen molar-refractivity contribution in [2.75, 3.05) is 6.54 Å². The first-order chi connectivity index (χ1) is 9.72. The molecule has 0 bridgehead atoms. The number of ether oxygens (including phenoxy) is 1. The Bertz CT molecular complexity index is 466. The highest BCUT2D eigenvalue weighted by Crippen LogP contribution is 2.20. The Morgan fingerprint density at radius 3 is 2.70 bits per heavy atom. The molecule has 108 valence electrons. The van der Waals surface area contributed by atoms with Gasteiger partial charge in [0, 0.05) is 6.54 Å². The van der Waals surface area contributed by atoms with Gasteiger partial charge >= 0.3 is 12.1 Å². The number of hydrogen-bond donors (Lipinski definition) is 0. The van der Waals surface area contributed by atoms with E-state index >= 15 is 0 Å². The number of carbonyl (C=O) groups is 2. The van der Waals surface area contributed by atoms with Gasteiger partial charge in [0.1, 0.15) is 24.5 Å². The highest BCUT2D eigenvalue weighted by atomic mass is 35.5. The summed E-state index contributed by atoms with van der Waals surface area (Å²) in [7, 11) is 0. The first kappa shape index (κ1) is 14.7. The Morgan fingerprint density at radius 1 is 1.25 bits per heavy atom. The molecule has 6 heteroatoms. The average Bonchev–Trinajstić information content (AvgIpc) is 2.52. The summed E-state index contributed by atoms with van der Waals surface area (Å²) in [5.41, 5.74) is 0.898. The van der Waals surface area contributed by atoms with E-state index in [0.29, 0.717) is 13.0 Å². The number of rotatable bonds is 3. The number of halogens is 1. The van der Waals surface area contributed by atoms with Gasteiger partial charge < -0.3 is 9.03 Å². The van der Waals surface area contributed by atoms with Crippen molar-refractivity contribution in [3.8, 4) is 0 Å². The summed E-state index contributed by atoms with van der Waals surface area (Å²) < 4.78 is 9.45. The van der Waals surface area contributed by atoms with Crippen molar-refractivity contribution in [3.63, 3.8) is 0 Å². The Kier molecular flexibility index (Phi) is 5.24. The van der Waals surface area contributed by atoms with Crippen LogP contribution in [0.1, 0.15) is 24.8 Å². The number of piperidine rings is 1. The SMILES string of the molecule is O=C(OCl)C1CCCCN1C(=O)OCc1ccccc1. The third-order valence-corrected chi connectivity index (χ3v) is 3.44. The van der Waals surface area contributed by atoms with Gasteiger partial charge in [-0.2, -0.15) is 0 Å². The van der Waals surface area contributed by atoms with Crippen LogP contribution in [0.15, 0.2) is 30.3 Å². The van der Waals surface area contributed by atoms with E-state index in [4.69, 9.17) is 16.6 Å². The van der Waals surface area contributed by atoms with E-state index in [9.17, 15) is 9.59 Å². The molecule has 1 aliphatic rings. The van der Waals surface area contributed by atoms with E-state index in [1.807, 2.05) is 30.3 Å². The van der Waals surface area contributed by atoms with E-state index in [-0.39, 0.29) is 6.61 Å². The summed E-state index contributed by atoms with van der Waals surface area (Å²) in [5.74, 6) is -0.608. The average molecular weight is 298 g/mol. The molecule has 1 saturated heterocycles. The van der Waals surface area contributed by atoms with Crippen LogP contribution in [0, 0.1) is 0 Å². The molecule has 1 fully saturated rings. The summed E-state index contributed by atoms with van der Waals surface area (Å²) in [6, 6.07) is 8.73. The van der Waals surface area contributed by atoms with E-state index in [2.05, 4.69) is 4.29 Å². The van der Waals surface area contributed by atoms with Crippen LogP contribution in [0.2, 0.25) is 0 Å². The van der Waals surface area contributed by atoms with Crippen LogP contribution in [-0.4, -0.2) is 29.5 Å². The zero-order chi connectivity index (χ0) is 14.4. The zero-order valence-corrected chi connectivity index (χ0v) is 11.7. The molecule has 1 aliphatic heterocycles. The van der Waals surface area contributed by atoms with Crippen molar-refractivity contribution in [3.05, 3.63) is 35.9 Å². The molecule has 1 amide bonds. The maximum atomic E-state index is 12.1. The number of nitrogens with zero attached hydrogens (tertiary/aromatic N) is 1. The Morgan fingerprint density at radius 2 is 2.00 bits per heavy atom. The van der Waals surface area contributed by atoms with E-state index < -0.39 is 18.1 Å². The van der Waals surface area contributed by atoms with Crippen LogP contribution >= 0.6 is 11.9 Å². The number of benzene rings is 1. The summed E-state index contributed by atoms with van der Waals surface area (Å²) in [5, 5.41) is 0. The molecular formula is C14H16ClNO4. The summed E-state index contributed by atoms with van der Waals surface area (Å²) >= 11 is 5.10. The van der Waals surface area contributed by atoms with Crippen molar-refractivity contribution in [1.29, 1.82) is 0 Å². The molecular weight excluding hydrogens is 282 g/mol. The number of hydrogen-bond acceptors (Lipinski definition) is 4. The van der Waals surface area contributed by atoms with Crippen molar-refractivity contribution in [1.82, 2.24) is 4.90 Å². The van der Waals surface area contributed by atoms with Crippen LogP contribution < -0.4 is 0 Å². The number of likely N-dealkylation sites (tertiary alicyclic amines) is 1. The highest BCUT2D eigenvalue weighted by Gasteiger charge is 2.34. The van der Waals surface area contributed by atoms with Gasteiger partial charge in [0.15, 0.2) is 0 Å². The van der Waals surface area contributed by atoms with E-state index in [1.54, 1.807) is 0 Å². The van der Waals surface area contributed by atoms with E-state index in [0.717, 1.165) is 18.4 Å². The fraction of sp³-hybridized carbons (Fsp3) is 0.429. The van der Waals surface area contributed by atoms with Gasteiger partial charge in [-0.05, 0) is 24.8 Å². The van der Waals surface area contributed by atoms with Gasteiger partial charge in [0.25, 0.3) is 0 Å². The van der Waals surface area contributed by atoms with Crippen LogP contribution in [-0.2, 0) is 20.4 Å². The maximum Gasteiger partial charge on any atom is 0.410 e. The minimum Gasteiger partial charge on any atom is -0.445 e. The van der Waals surface area contributed by atoms with Crippen LogP contribution in [0.25, 0.3) is 0 Å². The first-order valence-corrected chi connectivity index (χ1v) is 6.83. The monoisotopic (exact) mass is 297 g/mol. The molecule has 20 heavy (non-hydrogen) atoms. The molecule has 1 aromatic rings. The third-order valence-electron chi connectivity index (χ3n) is 3.29. The molecule has 0 saturated carbocycles. The molecule has 0 N–H and O–H groups in total. The lowest BCUT2D eigenvalue weighted by Gasteiger charge is -2.32. The van der Waals surface area contributed by atoms with Gasteiger partial charge in [0.05, 0.1) is 0 Å². The Labute approximate surface area is 122 Å². The van der Waals surface area contributed by atoms with E-state index in [1.165, 1.54) is 4.90 Å². The number of carbonyl (C=O) groups excluding carboxylic acids is 2.